The molecule has 0 radical (unpaired) electrons. The third kappa shape index (κ3) is 1.97. The molecule has 3 atom stereocenters. The number of rotatable bonds is 2. The van der Waals surface area contributed by atoms with E-state index in [9.17, 15) is 9.90 Å². The second-order valence-electron chi connectivity index (χ2n) is 3.59. The SMILES string of the molecule is COC(=O)CC1CCC(C)C1O. The zero-order chi connectivity index (χ0) is 9.14. The number of hydrogen-bond acceptors (Lipinski definition) is 3. The summed E-state index contributed by atoms with van der Waals surface area (Å²) in [5.41, 5.74) is 0. The highest BCUT2D eigenvalue weighted by Crippen LogP contribution is 2.33. The number of carbonyl (C=O) groups excluding carboxylic acids is 1. The molecule has 3 unspecified atom stereocenters. The van der Waals surface area contributed by atoms with Crippen molar-refractivity contribution in [1.29, 1.82) is 0 Å². The summed E-state index contributed by atoms with van der Waals surface area (Å²) >= 11 is 0. The van der Waals surface area contributed by atoms with Crippen molar-refractivity contribution in [3.8, 4) is 0 Å². The summed E-state index contributed by atoms with van der Waals surface area (Å²) in [4.78, 5) is 10.9. The Morgan fingerprint density at radius 1 is 1.58 bits per heavy atom. The van der Waals surface area contributed by atoms with Crippen LogP contribution in [0.5, 0.6) is 0 Å². The fourth-order valence-corrected chi connectivity index (χ4v) is 1.80. The number of aliphatic hydroxyl groups excluding tert-OH is 1. The van der Waals surface area contributed by atoms with Crippen LogP contribution in [0.25, 0.3) is 0 Å². The summed E-state index contributed by atoms with van der Waals surface area (Å²) in [5, 5.41) is 9.59. The van der Waals surface area contributed by atoms with Crippen LogP contribution in [0.1, 0.15) is 26.2 Å². The second-order valence-corrected chi connectivity index (χ2v) is 3.59. The van der Waals surface area contributed by atoms with Crippen molar-refractivity contribution in [3.05, 3.63) is 0 Å². The molecule has 0 spiro atoms. The van der Waals surface area contributed by atoms with E-state index in [1.165, 1.54) is 7.11 Å². The molecule has 0 saturated heterocycles. The predicted octanol–water partition coefficient (Wildman–Crippen LogP) is 0.956. The third-order valence-electron chi connectivity index (χ3n) is 2.72. The fourth-order valence-electron chi connectivity index (χ4n) is 1.80. The van der Waals surface area contributed by atoms with Gasteiger partial charge in [-0.1, -0.05) is 6.92 Å². The van der Waals surface area contributed by atoms with Gasteiger partial charge in [-0.2, -0.15) is 0 Å². The molecule has 0 aromatic rings. The van der Waals surface area contributed by atoms with Gasteiger partial charge in [0.2, 0.25) is 0 Å². The Hall–Kier alpha value is -0.570. The first kappa shape index (κ1) is 9.52. The molecule has 70 valence electrons. The van der Waals surface area contributed by atoms with Crippen molar-refractivity contribution in [2.45, 2.75) is 32.3 Å². The molecule has 0 bridgehead atoms. The molecule has 1 saturated carbocycles. The summed E-state index contributed by atoms with van der Waals surface area (Å²) in [6.45, 7) is 2.02. The molecular formula is C9H16O3. The largest absolute Gasteiger partial charge is 0.469 e. The van der Waals surface area contributed by atoms with Gasteiger partial charge in [0.25, 0.3) is 0 Å². The zero-order valence-corrected chi connectivity index (χ0v) is 7.62. The minimum atomic E-state index is -0.316. The van der Waals surface area contributed by atoms with Gasteiger partial charge in [-0.25, -0.2) is 0 Å². The highest BCUT2D eigenvalue weighted by Gasteiger charge is 2.33. The normalized spacial score (nSPS) is 35.1. The second kappa shape index (κ2) is 3.90. The number of esters is 1. The van der Waals surface area contributed by atoms with E-state index in [1.54, 1.807) is 0 Å². The van der Waals surface area contributed by atoms with E-state index in [1.807, 2.05) is 6.92 Å². The molecule has 3 nitrogen and oxygen atoms in total. The third-order valence-corrected chi connectivity index (χ3v) is 2.72. The van der Waals surface area contributed by atoms with Crippen molar-refractivity contribution in [2.75, 3.05) is 7.11 Å². The number of hydrogen-bond donors (Lipinski definition) is 1. The standard InChI is InChI=1S/C9H16O3/c1-6-3-4-7(9(6)11)5-8(10)12-2/h6-7,9,11H,3-5H2,1-2H3. The maximum Gasteiger partial charge on any atom is 0.305 e. The molecule has 0 aromatic carbocycles. The molecule has 12 heavy (non-hydrogen) atoms. The Kier molecular flexibility index (Phi) is 3.09. The Balaban J connectivity index is 2.38. The zero-order valence-electron chi connectivity index (χ0n) is 7.62. The van der Waals surface area contributed by atoms with Gasteiger partial charge in [0.15, 0.2) is 0 Å². The summed E-state index contributed by atoms with van der Waals surface area (Å²) in [6.07, 6.45) is 2.01. The van der Waals surface area contributed by atoms with Crippen LogP contribution in [0.15, 0.2) is 0 Å². The van der Waals surface area contributed by atoms with Gasteiger partial charge in [-0.3, -0.25) is 4.79 Å². The van der Waals surface area contributed by atoms with Crippen molar-refractivity contribution in [2.24, 2.45) is 11.8 Å². The fraction of sp³-hybridized carbons (Fsp3) is 0.889. The molecule has 0 heterocycles. The van der Waals surface area contributed by atoms with Gasteiger partial charge in [-0.05, 0) is 24.7 Å². The first-order valence-electron chi connectivity index (χ1n) is 4.40. The minimum Gasteiger partial charge on any atom is -0.469 e. The van der Waals surface area contributed by atoms with Crippen LogP contribution in [-0.2, 0) is 9.53 Å². The van der Waals surface area contributed by atoms with Crippen LogP contribution < -0.4 is 0 Å². The smallest absolute Gasteiger partial charge is 0.305 e. The lowest BCUT2D eigenvalue weighted by Gasteiger charge is -2.15. The Morgan fingerprint density at radius 3 is 2.67 bits per heavy atom. The number of methoxy groups -OCH3 is 1. The van der Waals surface area contributed by atoms with E-state index in [-0.39, 0.29) is 18.0 Å². The van der Waals surface area contributed by atoms with Crippen molar-refractivity contribution in [3.63, 3.8) is 0 Å². The van der Waals surface area contributed by atoms with E-state index in [0.717, 1.165) is 12.8 Å². The van der Waals surface area contributed by atoms with Crippen molar-refractivity contribution in [1.82, 2.24) is 0 Å². The molecule has 3 heteroatoms. The lowest BCUT2D eigenvalue weighted by molar-refractivity contribution is -0.142. The maximum absolute atomic E-state index is 10.9. The molecular weight excluding hydrogens is 156 g/mol. The van der Waals surface area contributed by atoms with Gasteiger partial charge in [0.1, 0.15) is 0 Å². The van der Waals surface area contributed by atoms with Crippen molar-refractivity contribution < 1.29 is 14.6 Å². The molecule has 1 fully saturated rings. The summed E-state index contributed by atoms with van der Waals surface area (Å²) in [6, 6.07) is 0. The Labute approximate surface area is 72.7 Å². The van der Waals surface area contributed by atoms with Gasteiger partial charge in [0, 0.05) is 0 Å². The molecule has 1 rings (SSSR count). The lowest BCUT2D eigenvalue weighted by Crippen LogP contribution is -2.21. The molecule has 1 aliphatic rings. The minimum absolute atomic E-state index is 0.118. The van der Waals surface area contributed by atoms with Crippen LogP contribution in [0, 0.1) is 11.8 Å². The van der Waals surface area contributed by atoms with Crippen LogP contribution >= 0.6 is 0 Å². The first-order chi connectivity index (χ1) is 5.65. The van der Waals surface area contributed by atoms with Crippen LogP contribution in [0.2, 0.25) is 0 Å². The van der Waals surface area contributed by atoms with Crippen LogP contribution in [0.3, 0.4) is 0 Å². The Morgan fingerprint density at radius 2 is 2.25 bits per heavy atom. The molecule has 0 amide bonds. The lowest BCUT2D eigenvalue weighted by atomic mass is 9.99. The summed E-state index contributed by atoms with van der Waals surface area (Å²) in [7, 11) is 1.38. The highest BCUT2D eigenvalue weighted by atomic mass is 16.5. The monoisotopic (exact) mass is 172 g/mol. The first-order valence-corrected chi connectivity index (χ1v) is 4.40. The van der Waals surface area contributed by atoms with E-state index < -0.39 is 0 Å². The average molecular weight is 172 g/mol. The average Bonchev–Trinajstić information content (AvgIpc) is 2.36. The molecule has 1 N–H and O–H groups in total. The van der Waals surface area contributed by atoms with E-state index in [4.69, 9.17) is 0 Å². The predicted molar refractivity (Wildman–Crippen MR) is 44.5 cm³/mol. The van der Waals surface area contributed by atoms with Gasteiger partial charge >= 0.3 is 5.97 Å². The van der Waals surface area contributed by atoms with Gasteiger partial charge in [-0.15, -0.1) is 0 Å². The van der Waals surface area contributed by atoms with Gasteiger partial charge in [0.05, 0.1) is 19.6 Å². The van der Waals surface area contributed by atoms with Crippen molar-refractivity contribution >= 4 is 5.97 Å². The quantitative estimate of drug-likeness (QED) is 0.631. The van der Waals surface area contributed by atoms with E-state index in [2.05, 4.69) is 4.74 Å². The number of ether oxygens (including phenoxy) is 1. The Bertz CT molecular complexity index is 167. The number of aliphatic hydroxyl groups is 1. The molecule has 1 aliphatic carbocycles. The van der Waals surface area contributed by atoms with E-state index >= 15 is 0 Å². The summed E-state index contributed by atoms with van der Waals surface area (Å²) in [5.74, 6) is 0.236. The van der Waals surface area contributed by atoms with E-state index in [0.29, 0.717) is 12.3 Å². The van der Waals surface area contributed by atoms with Crippen LogP contribution in [-0.4, -0.2) is 24.3 Å². The number of carbonyl (C=O) groups is 1. The molecule has 0 aliphatic heterocycles. The topological polar surface area (TPSA) is 46.5 Å². The van der Waals surface area contributed by atoms with Gasteiger partial charge < -0.3 is 9.84 Å². The highest BCUT2D eigenvalue weighted by molar-refractivity contribution is 5.69. The van der Waals surface area contributed by atoms with Crippen LogP contribution in [0.4, 0.5) is 0 Å². The maximum atomic E-state index is 10.9. The summed E-state index contributed by atoms with van der Waals surface area (Å²) < 4.78 is 4.55. The molecule has 0 aromatic heterocycles.